The number of nitrogens with zero attached hydrogens (tertiary/aromatic N) is 1. The van der Waals surface area contributed by atoms with Crippen LogP contribution in [0.1, 0.15) is 51.0 Å². The van der Waals surface area contributed by atoms with Crippen molar-refractivity contribution in [2.24, 2.45) is 0 Å². The van der Waals surface area contributed by atoms with E-state index in [2.05, 4.69) is 22.5 Å². The Labute approximate surface area is 173 Å². The van der Waals surface area contributed by atoms with Crippen LogP contribution in [0.3, 0.4) is 0 Å². The Balaban J connectivity index is 1.37. The summed E-state index contributed by atoms with van der Waals surface area (Å²) in [6.45, 7) is 4.86. The van der Waals surface area contributed by atoms with Crippen molar-refractivity contribution in [2.45, 2.75) is 64.5 Å². The number of pyridine rings is 1. The normalized spacial score (nSPS) is 18.7. The standard InChI is InChI=1S/C23H31N3O3/c1-3-4-15-28-20-10-6-18(7-11-20)25-23(27)26-19-8-12-21(13-9-19)29-22-14-5-17(2)16-24-22/h5-7,10-11,14,16,19,21H,3-4,8-9,12-13,15H2,1-2H3,(H2,25,26,27). The lowest BCUT2D eigenvalue weighted by atomic mass is 9.93. The maximum atomic E-state index is 12.3. The van der Waals surface area contributed by atoms with Crippen LogP contribution in [0.4, 0.5) is 10.5 Å². The number of rotatable bonds is 8. The van der Waals surface area contributed by atoms with Crippen molar-refractivity contribution in [1.82, 2.24) is 10.3 Å². The summed E-state index contributed by atoms with van der Waals surface area (Å²) in [4.78, 5) is 16.6. The molecule has 6 heteroatoms. The lowest BCUT2D eigenvalue weighted by Crippen LogP contribution is -2.41. The largest absolute Gasteiger partial charge is 0.494 e. The summed E-state index contributed by atoms with van der Waals surface area (Å²) >= 11 is 0. The molecule has 29 heavy (non-hydrogen) atoms. The molecule has 1 saturated carbocycles. The number of aromatic nitrogens is 1. The Hall–Kier alpha value is -2.76. The topological polar surface area (TPSA) is 72.5 Å². The lowest BCUT2D eigenvalue weighted by molar-refractivity contribution is 0.135. The van der Waals surface area contributed by atoms with Gasteiger partial charge in [-0.1, -0.05) is 19.4 Å². The third kappa shape index (κ3) is 6.97. The second-order valence-electron chi connectivity index (χ2n) is 7.59. The SMILES string of the molecule is CCCCOc1ccc(NC(=O)NC2CCC(Oc3ccc(C)cn3)CC2)cc1. The molecule has 6 nitrogen and oxygen atoms in total. The zero-order valence-corrected chi connectivity index (χ0v) is 17.3. The summed E-state index contributed by atoms with van der Waals surface area (Å²) in [7, 11) is 0. The molecule has 156 valence electrons. The quantitative estimate of drug-likeness (QED) is 0.609. The van der Waals surface area contributed by atoms with Crippen molar-refractivity contribution < 1.29 is 14.3 Å². The number of carbonyl (C=O) groups is 1. The van der Waals surface area contributed by atoms with Crippen LogP contribution >= 0.6 is 0 Å². The van der Waals surface area contributed by atoms with Gasteiger partial charge in [-0.2, -0.15) is 0 Å². The highest BCUT2D eigenvalue weighted by atomic mass is 16.5. The zero-order valence-electron chi connectivity index (χ0n) is 17.3. The van der Waals surface area contributed by atoms with E-state index in [1.54, 1.807) is 0 Å². The number of hydrogen-bond acceptors (Lipinski definition) is 4. The molecule has 2 aromatic rings. The van der Waals surface area contributed by atoms with Crippen LogP contribution in [-0.4, -0.2) is 29.8 Å². The van der Waals surface area contributed by atoms with Crippen molar-refractivity contribution in [1.29, 1.82) is 0 Å². The Bertz CT molecular complexity index is 754. The van der Waals surface area contributed by atoms with Gasteiger partial charge >= 0.3 is 6.03 Å². The van der Waals surface area contributed by atoms with E-state index in [0.29, 0.717) is 5.88 Å². The van der Waals surface area contributed by atoms with Crippen molar-refractivity contribution in [3.8, 4) is 11.6 Å². The smallest absolute Gasteiger partial charge is 0.319 e. The number of carbonyl (C=O) groups excluding carboxylic acids is 1. The first-order valence-corrected chi connectivity index (χ1v) is 10.5. The monoisotopic (exact) mass is 397 g/mol. The zero-order chi connectivity index (χ0) is 20.5. The van der Waals surface area contributed by atoms with E-state index in [9.17, 15) is 4.79 Å². The number of nitrogens with one attached hydrogen (secondary N) is 2. The molecule has 0 radical (unpaired) electrons. The van der Waals surface area contributed by atoms with Gasteiger partial charge in [-0.3, -0.25) is 0 Å². The highest BCUT2D eigenvalue weighted by Crippen LogP contribution is 2.23. The Kier molecular flexibility index (Phi) is 7.73. The number of urea groups is 1. The fraction of sp³-hybridized carbons (Fsp3) is 0.478. The second kappa shape index (κ2) is 10.7. The van der Waals surface area contributed by atoms with Crippen molar-refractivity contribution in [2.75, 3.05) is 11.9 Å². The Morgan fingerprint density at radius 1 is 1.10 bits per heavy atom. The minimum Gasteiger partial charge on any atom is -0.494 e. The van der Waals surface area contributed by atoms with Crippen LogP contribution in [0.25, 0.3) is 0 Å². The van der Waals surface area contributed by atoms with E-state index in [1.165, 1.54) is 0 Å². The molecule has 0 aliphatic heterocycles. The van der Waals surface area contributed by atoms with Crippen LogP contribution in [0.2, 0.25) is 0 Å². The molecular formula is C23H31N3O3. The van der Waals surface area contributed by atoms with Crippen LogP contribution < -0.4 is 20.1 Å². The molecule has 0 saturated heterocycles. The van der Waals surface area contributed by atoms with E-state index in [-0.39, 0.29) is 18.2 Å². The summed E-state index contributed by atoms with van der Waals surface area (Å²) in [5, 5.41) is 5.96. The summed E-state index contributed by atoms with van der Waals surface area (Å²) in [5.74, 6) is 1.50. The van der Waals surface area contributed by atoms with Gasteiger partial charge in [0.2, 0.25) is 5.88 Å². The number of ether oxygens (including phenoxy) is 2. The van der Waals surface area contributed by atoms with Crippen LogP contribution in [-0.2, 0) is 0 Å². The van der Waals surface area contributed by atoms with E-state index in [4.69, 9.17) is 9.47 Å². The van der Waals surface area contributed by atoms with E-state index >= 15 is 0 Å². The third-order valence-electron chi connectivity index (χ3n) is 5.06. The van der Waals surface area contributed by atoms with Gasteiger partial charge in [0.25, 0.3) is 0 Å². The number of hydrogen-bond donors (Lipinski definition) is 2. The first-order valence-electron chi connectivity index (χ1n) is 10.5. The number of anilines is 1. The van der Waals surface area contributed by atoms with Gasteiger partial charge in [0.15, 0.2) is 0 Å². The van der Waals surface area contributed by atoms with Gasteiger partial charge in [0, 0.05) is 24.0 Å². The molecule has 3 rings (SSSR count). The molecule has 2 amide bonds. The molecule has 0 atom stereocenters. The molecule has 1 aromatic carbocycles. The van der Waals surface area contributed by atoms with E-state index in [1.807, 2.05) is 49.5 Å². The average Bonchev–Trinajstić information content (AvgIpc) is 2.73. The van der Waals surface area contributed by atoms with Crippen LogP contribution in [0.5, 0.6) is 11.6 Å². The van der Waals surface area contributed by atoms with Gasteiger partial charge in [-0.05, 0) is 68.9 Å². The molecule has 0 unspecified atom stereocenters. The first kappa shape index (κ1) is 21.0. The third-order valence-corrected chi connectivity index (χ3v) is 5.06. The molecular weight excluding hydrogens is 366 g/mol. The molecule has 2 N–H and O–H groups in total. The summed E-state index contributed by atoms with van der Waals surface area (Å²) < 4.78 is 11.6. The van der Waals surface area contributed by atoms with Gasteiger partial charge in [-0.15, -0.1) is 0 Å². The molecule has 1 fully saturated rings. The number of aryl methyl sites for hydroxylation is 1. The lowest BCUT2D eigenvalue weighted by Gasteiger charge is -2.29. The fourth-order valence-corrected chi connectivity index (χ4v) is 3.34. The van der Waals surface area contributed by atoms with Crippen molar-refractivity contribution in [3.05, 3.63) is 48.2 Å². The summed E-state index contributed by atoms with van der Waals surface area (Å²) in [6.07, 6.45) is 7.73. The first-order chi connectivity index (χ1) is 14.1. The second-order valence-corrected chi connectivity index (χ2v) is 7.59. The molecule has 0 bridgehead atoms. The molecule has 1 heterocycles. The minimum atomic E-state index is -0.172. The predicted octanol–water partition coefficient (Wildman–Crippen LogP) is 5.08. The maximum Gasteiger partial charge on any atom is 0.319 e. The summed E-state index contributed by atoms with van der Waals surface area (Å²) in [6, 6.07) is 11.4. The van der Waals surface area contributed by atoms with Gasteiger partial charge < -0.3 is 20.1 Å². The van der Waals surface area contributed by atoms with Crippen molar-refractivity contribution >= 4 is 11.7 Å². The molecule has 1 aromatic heterocycles. The summed E-state index contributed by atoms with van der Waals surface area (Å²) in [5.41, 5.74) is 1.88. The molecule has 0 spiro atoms. The highest BCUT2D eigenvalue weighted by molar-refractivity contribution is 5.89. The van der Waals surface area contributed by atoms with E-state index < -0.39 is 0 Å². The number of amides is 2. The fourth-order valence-electron chi connectivity index (χ4n) is 3.34. The van der Waals surface area contributed by atoms with Gasteiger partial charge in [0.05, 0.1) is 6.61 Å². The number of benzene rings is 1. The predicted molar refractivity (Wildman–Crippen MR) is 115 cm³/mol. The van der Waals surface area contributed by atoms with Crippen LogP contribution in [0.15, 0.2) is 42.6 Å². The minimum absolute atomic E-state index is 0.159. The van der Waals surface area contributed by atoms with Crippen molar-refractivity contribution in [3.63, 3.8) is 0 Å². The van der Waals surface area contributed by atoms with Gasteiger partial charge in [0.1, 0.15) is 11.9 Å². The maximum absolute atomic E-state index is 12.3. The molecule has 1 aliphatic rings. The number of unbranched alkanes of at least 4 members (excludes halogenated alkanes) is 1. The van der Waals surface area contributed by atoms with Gasteiger partial charge in [-0.25, -0.2) is 9.78 Å². The highest BCUT2D eigenvalue weighted by Gasteiger charge is 2.24. The molecule has 1 aliphatic carbocycles. The van der Waals surface area contributed by atoms with Crippen LogP contribution in [0, 0.1) is 6.92 Å². The Morgan fingerprint density at radius 2 is 1.86 bits per heavy atom. The van der Waals surface area contributed by atoms with E-state index in [0.717, 1.165) is 62.1 Å². The average molecular weight is 398 g/mol. The Morgan fingerprint density at radius 3 is 2.52 bits per heavy atom.